The summed E-state index contributed by atoms with van der Waals surface area (Å²) in [5, 5.41) is 6.80. The van der Waals surface area contributed by atoms with Gasteiger partial charge in [-0.2, -0.15) is 23.3 Å². The maximum atomic E-state index is 13.4. The number of rotatable bonds is 5. The van der Waals surface area contributed by atoms with Crippen LogP contribution in [0.3, 0.4) is 0 Å². The van der Waals surface area contributed by atoms with Crippen molar-refractivity contribution < 1.29 is 22.7 Å². The molecule has 0 unspecified atom stereocenters. The van der Waals surface area contributed by atoms with Gasteiger partial charge in [-0.15, -0.1) is 0 Å². The van der Waals surface area contributed by atoms with Gasteiger partial charge in [0.25, 0.3) is 5.91 Å². The molecule has 158 valence electrons. The molecule has 3 aromatic heterocycles. The molecule has 0 saturated heterocycles. The van der Waals surface area contributed by atoms with Gasteiger partial charge in [0, 0.05) is 11.8 Å². The van der Waals surface area contributed by atoms with Crippen molar-refractivity contribution in [2.45, 2.75) is 13.1 Å². The molecule has 1 amide bonds. The summed E-state index contributed by atoms with van der Waals surface area (Å²) in [5.41, 5.74) is -0.548. The lowest BCUT2D eigenvalue weighted by Gasteiger charge is -2.12. The summed E-state index contributed by atoms with van der Waals surface area (Å²) in [5.74, 6) is -0.403. The number of fused-ring (bicyclic) bond motifs is 1. The molecular weight excluding hydrogens is 413 g/mol. The Hall–Kier alpha value is -4.02. The summed E-state index contributed by atoms with van der Waals surface area (Å²) in [7, 11) is 0. The van der Waals surface area contributed by atoms with E-state index in [2.05, 4.69) is 25.4 Å². The minimum atomic E-state index is -4.55. The van der Waals surface area contributed by atoms with Gasteiger partial charge in [0.05, 0.1) is 24.1 Å². The molecule has 0 atom stereocenters. The summed E-state index contributed by atoms with van der Waals surface area (Å²) < 4.78 is 46.6. The van der Waals surface area contributed by atoms with Gasteiger partial charge in [-0.1, -0.05) is 18.2 Å². The molecule has 0 spiro atoms. The monoisotopic (exact) mass is 428 g/mol. The van der Waals surface area contributed by atoms with Crippen molar-refractivity contribution in [1.29, 1.82) is 0 Å². The first kappa shape index (κ1) is 20.3. The number of carbonyl (C=O) groups excluding carboxylic acids is 1. The summed E-state index contributed by atoms with van der Waals surface area (Å²) >= 11 is 0. The number of hydrogen-bond acceptors (Lipinski definition) is 6. The molecule has 1 aromatic carbocycles. The molecule has 11 heteroatoms. The van der Waals surface area contributed by atoms with Gasteiger partial charge in [-0.3, -0.25) is 4.79 Å². The molecule has 4 rings (SSSR count). The first-order valence-electron chi connectivity index (χ1n) is 9.15. The second-order valence-corrected chi connectivity index (χ2v) is 6.29. The quantitative estimate of drug-likeness (QED) is 0.519. The summed E-state index contributed by atoms with van der Waals surface area (Å²) in [6, 6.07) is 9.59. The van der Waals surface area contributed by atoms with Crippen LogP contribution in [0, 0.1) is 0 Å². The van der Waals surface area contributed by atoms with Crippen molar-refractivity contribution in [3.63, 3.8) is 0 Å². The predicted molar refractivity (Wildman–Crippen MR) is 105 cm³/mol. The van der Waals surface area contributed by atoms with E-state index in [1.54, 1.807) is 6.92 Å². The zero-order valence-electron chi connectivity index (χ0n) is 16.1. The largest absolute Gasteiger partial charge is 0.464 e. The van der Waals surface area contributed by atoms with Crippen LogP contribution in [-0.2, 0) is 6.18 Å². The lowest BCUT2D eigenvalue weighted by molar-refractivity contribution is -0.137. The zero-order chi connectivity index (χ0) is 22.0. The lowest BCUT2D eigenvalue weighted by atomic mass is 10.0. The molecule has 0 saturated carbocycles. The van der Waals surface area contributed by atoms with Crippen LogP contribution in [-0.4, -0.2) is 37.1 Å². The van der Waals surface area contributed by atoms with E-state index in [4.69, 9.17) is 4.74 Å². The number of aromatic nitrogens is 5. The Kier molecular flexibility index (Phi) is 5.24. The maximum absolute atomic E-state index is 13.4. The van der Waals surface area contributed by atoms with Crippen LogP contribution in [0.25, 0.3) is 16.9 Å². The van der Waals surface area contributed by atoms with Crippen molar-refractivity contribution in [2.24, 2.45) is 0 Å². The highest BCUT2D eigenvalue weighted by molar-refractivity contribution is 6.02. The van der Waals surface area contributed by atoms with Gasteiger partial charge in [0.15, 0.2) is 11.3 Å². The number of carbonyl (C=O) groups is 1. The van der Waals surface area contributed by atoms with Gasteiger partial charge in [-0.05, 0) is 31.2 Å². The van der Waals surface area contributed by atoms with E-state index in [9.17, 15) is 18.0 Å². The molecule has 8 nitrogen and oxygen atoms in total. The second-order valence-electron chi connectivity index (χ2n) is 6.29. The Balaban J connectivity index is 1.70. The van der Waals surface area contributed by atoms with Gasteiger partial charge < -0.3 is 10.1 Å². The molecule has 1 N–H and O–H groups in total. The number of imidazole rings is 1. The van der Waals surface area contributed by atoms with E-state index in [0.717, 1.165) is 6.07 Å². The Morgan fingerprint density at radius 3 is 2.71 bits per heavy atom. The van der Waals surface area contributed by atoms with Crippen LogP contribution < -0.4 is 10.1 Å². The predicted octanol–water partition coefficient (Wildman–Crippen LogP) is 3.86. The van der Waals surface area contributed by atoms with Crippen LogP contribution in [0.2, 0.25) is 0 Å². The number of amides is 1. The van der Waals surface area contributed by atoms with Crippen LogP contribution in [0.4, 0.5) is 19.0 Å². The van der Waals surface area contributed by atoms with Crippen LogP contribution >= 0.6 is 0 Å². The number of alkyl halides is 3. The Labute approximate surface area is 173 Å². The fourth-order valence-corrected chi connectivity index (χ4v) is 2.91. The van der Waals surface area contributed by atoms with E-state index < -0.39 is 17.6 Å². The van der Waals surface area contributed by atoms with E-state index in [1.807, 2.05) is 0 Å². The Morgan fingerprint density at radius 2 is 1.94 bits per heavy atom. The second kappa shape index (κ2) is 8.01. The van der Waals surface area contributed by atoms with Crippen molar-refractivity contribution >= 4 is 17.4 Å². The number of anilines is 1. The minimum Gasteiger partial charge on any atom is -0.464 e. The fraction of sp³-hybridized carbons (Fsp3) is 0.150. The van der Waals surface area contributed by atoms with Crippen LogP contribution in [0.1, 0.15) is 23.0 Å². The SMILES string of the molecule is CCOc1nccc(NC(=O)c2cnc3ccc(-c4ccccc4C(F)(F)F)nn23)n1. The molecule has 0 bridgehead atoms. The average Bonchev–Trinajstić information content (AvgIpc) is 3.17. The molecule has 0 radical (unpaired) electrons. The summed E-state index contributed by atoms with van der Waals surface area (Å²) in [6.45, 7) is 2.13. The fourth-order valence-electron chi connectivity index (χ4n) is 2.91. The maximum Gasteiger partial charge on any atom is 0.417 e. The number of nitrogens with zero attached hydrogens (tertiary/aromatic N) is 5. The number of ether oxygens (including phenoxy) is 1. The molecule has 31 heavy (non-hydrogen) atoms. The smallest absolute Gasteiger partial charge is 0.417 e. The third-order valence-electron chi connectivity index (χ3n) is 4.25. The average molecular weight is 428 g/mol. The molecule has 3 heterocycles. The molecule has 4 aromatic rings. The van der Waals surface area contributed by atoms with Gasteiger partial charge in [-0.25, -0.2) is 14.5 Å². The first-order chi connectivity index (χ1) is 14.9. The van der Waals surface area contributed by atoms with E-state index in [1.165, 1.54) is 53.3 Å². The number of benzene rings is 1. The highest BCUT2D eigenvalue weighted by atomic mass is 19.4. The number of hydrogen-bond donors (Lipinski definition) is 1. The zero-order valence-corrected chi connectivity index (χ0v) is 16.1. The Bertz CT molecular complexity index is 1260. The highest BCUT2D eigenvalue weighted by Crippen LogP contribution is 2.36. The van der Waals surface area contributed by atoms with Crippen molar-refractivity contribution in [3.8, 4) is 17.3 Å². The van der Waals surface area contributed by atoms with Gasteiger partial charge >= 0.3 is 12.2 Å². The van der Waals surface area contributed by atoms with Crippen LogP contribution in [0.5, 0.6) is 6.01 Å². The minimum absolute atomic E-state index is 0.0258. The van der Waals surface area contributed by atoms with Crippen LogP contribution in [0.15, 0.2) is 54.9 Å². The highest BCUT2D eigenvalue weighted by Gasteiger charge is 2.33. The lowest BCUT2D eigenvalue weighted by Crippen LogP contribution is -2.17. The third-order valence-corrected chi connectivity index (χ3v) is 4.25. The third kappa shape index (κ3) is 4.15. The van der Waals surface area contributed by atoms with E-state index >= 15 is 0 Å². The molecule has 0 aliphatic carbocycles. The number of halogens is 3. The first-order valence-corrected chi connectivity index (χ1v) is 9.15. The van der Waals surface area contributed by atoms with Gasteiger partial charge in [0.1, 0.15) is 5.82 Å². The molecule has 0 aliphatic heterocycles. The molecule has 0 fully saturated rings. The van der Waals surface area contributed by atoms with Gasteiger partial charge in [0.2, 0.25) is 0 Å². The molecule has 0 aliphatic rings. The Morgan fingerprint density at radius 1 is 1.13 bits per heavy atom. The number of nitrogens with one attached hydrogen (secondary N) is 1. The summed E-state index contributed by atoms with van der Waals surface area (Å²) in [6.07, 6.45) is -1.85. The summed E-state index contributed by atoms with van der Waals surface area (Å²) in [4.78, 5) is 24.8. The standard InChI is InChI=1S/C20H15F3N6O2/c1-2-31-19-24-10-9-16(27-19)26-18(30)15-11-25-17-8-7-14(28-29(15)17)12-5-3-4-6-13(12)20(21,22)23/h3-11H,2H2,1H3,(H,24,26,27,30). The van der Waals surface area contributed by atoms with Crippen molar-refractivity contribution in [1.82, 2.24) is 24.6 Å². The van der Waals surface area contributed by atoms with E-state index in [0.29, 0.717) is 12.3 Å². The van der Waals surface area contributed by atoms with Crippen molar-refractivity contribution in [3.05, 3.63) is 66.1 Å². The van der Waals surface area contributed by atoms with E-state index in [-0.39, 0.29) is 28.8 Å². The molecular formula is C20H15F3N6O2. The van der Waals surface area contributed by atoms with Crippen molar-refractivity contribution in [2.75, 3.05) is 11.9 Å². The normalized spacial score (nSPS) is 11.5. The topological polar surface area (TPSA) is 94.3 Å².